The van der Waals surface area contributed by atoms with Gasteiger partial charge in [-0.3, -0.25) is 14.7 Å². The molecule has 0 atom stereocenters. The minimum Gasteiger partial charge on any atom is -0.465 e. The van der Waals surface area contributed by atoms with Crippen LogP contribution in [0.2, 0.25) is 0 Å². The van der Waals surface area contributed by atoms with E-state index in [1.54, 1.807) is 0 Å². The Balaban J connectivity index is 1.21. The summed E-state index contributed by atoms with van der Waals surface area (Å²) in [4.78, 5) is 34.7. The summed E-state index contributed by atoms with van der Waals surface area (Å²) in [7, 11) is 0. The minimum atomic E-state index is -0.955. The maximum Gasteiger partial charge on any atom is 0.412 e. The zero-order chi connectivity index (χ0) is 27.6. The first-order valence-corrected chi connectivity index (χ1v) is 13.4. The molecule has 6 rings (SSSR count). The van der Waals surface area contributed by atoms with Crippen molar-refractivity contribution >= 4 is 40.5 Å². The van der Waals surface area contributed by atoms with Crippen LogP contribution in [-0.2, 0) is 0 Å². The molecule has 1 aromatic carbocycles. The number of nitrogens with zero attached hydrogens (tertiary/aromatic N) is 5. The lowest BCUT2D eigenvalue weighted by molar-refractivity contribution is 0.102. The zero-order valence-electron chi connectivity index (χ0n) is 21.6. The van der Waals surface area contributed by atoms with Crippen LogP contribution in [0.1, 0.15) is 49.0 Å². The molecule has 11 nitrogen and oxygen atoms in total. The molecule has 2 aliphatic carbocycles. The molecule has 0 aliphatic heterocycles. The highest BCUT2D eigenvalue weighted by atomic mass is 19.1. The van der Waals surface area contributed by atoms with Gasteiger partial charge in [0.25, 0.3) is 5.91 Å². The molecule has 0 bridgehead atoms. The molecular weight excluding hydrogens is 515 g/mol. The van der Waals surface area contributed by atoms with Crippen LogP contribution in [-0.4, -0.2) is 54.8 Å². The van der Waals surface area contributed by atoms with Crippen LogP contribution in [0.15, 0.2) is 61.1 Å². The zero-order valence-corrected chi connectivity index (χ0v) is 21.6. The molecule has 0 radical (unpaired) electrons. The van der Waals surface area contributed by atoms with E-state index >= 15 is 0 Å². The summed E-state index contributed by atoms with van der Waals surface area (Å²) < 4.78 is 15.6. The normalized spacial score (nSPS) is 18.7. The average molecular weight is 545 g/mol. The van der Waals surface area contributed by atoms with Crippen molar-refractivity contribution in [1.82, 2.24) is 19.6 Å². The molecule has 12 heteroatoms. The summed E-state index contributed by atoms with van der Waals surface area (Å²) in [5.74, 6) is -0.616. The van der Waals surface area contributed by atoms with Gasteiger partial charge >= 0.3 is 6.09 Å². The Kier molecular flexibility index (Phi) is 6.89. The number of carboxylic acid groups (broad SMARTS) is 1. The number of hydrogen-bond donors (Lipinski definition) is 4. The van der Waals surface area contributed by atoms with E-state index in [0.717, 1.165) is 37.6 Å². The Morgan fingerprint density at radius 1 is 0.950 bits per heavy atom. The number of rotatable bonds is 8. The molecule has 2 saturated carbocycles. The van der Waals surface area contributed by atoms with Crippen LogP contribution in [0.4, 0.5) is 32.1 Å². The summed E-state index contributed by atoms with van der Waals surface area (Å²) in [6, 6.07) is 12.8. The van der Waals surface area contributed by atoms with E-state index in [9.17, 15) is 19.1 Å². The maximum atomic E-state index is 14.1. The lowest BCUT2D eigenvalue weighted by atomic mass is 9.90. The first kappa shape index (κ1) is 25.5. The average Bonchev–Trinajstić information content (AvgIpc) is 3.66. The van der Waals surface area contributed by atoms with Gasteiger partial charge in [-0.1, -0.05) is 18.2 Å². The van der Waals surface area contributed by atoms with Gasteiger partial charge in [-0.25, -0.2) is 18.7 Å². The van der Waals surface area contributed by atoms with Crippen LogP contribution >= 0.6 is 0 Å². The van der Waals surface area contributed by atoms with Crippen molar-refractivity contribution in [1.29, 1.82) is 0 Å². The van der Waals surface area contributed by atoms with Crippen LogP contribution in [0.5, 0.6) is 0 Å². The van der Waals surface area contributed by atoms with Crippen molar-refractivity contribution in [3.05, 3.63) is 72.6 Å². The fourth-order valence-corrected chi connectivity index (χ4v) is 5.16. The number of para-hydroxylation sites is 1. The lowest BCUT2D eigenvalue weighted by Crippen LogP contribution is -2.43. The molecule has 4 N–H and O–H groups in total. The molecular formula is C28H29FN8O3. The third kappa shape index (κ3) is 5.37. The second kappa shape index (κ2) is 10.8. The van der Waals surface area contributed by atoms with Gasteiger partial charge in [-0.05, 0) is 56.7 Å². The van der Waals surface area contributed by atoms with Crippen molar-refractivity contribution in [3.8, 4) is 0 Å². The molecule has 2 amide bonds. The first-order chi connectivity index (χ1) is 19.5. The topological polar surface area (TPSA) is 137 Å². The number of hydrogen-bond acceptors (Lipinski definition) is 7. The van der Waals surface area contributed by atoms with Crippen molar-refractivity contribution in [2.24, 2.45) is 0 Å². The summed E-state index contributed by atoms with van der Waals surface area (Å²) in [6.07, 6.45) is 7.92. The van der Waals surface area contributed by atoms with Gasteiger partial charge < -0.3 is 21.1 Å². The van der Waals surface area contributed by atoms with E-state index in [4.69, 9.17) is 0 Å². The number of aromatic nitrogens is 4. The highest BCUT2D eigenvalue weighted by Crippen LogP contribution is 2.32. The van der Waals surface area contributed by atoms with E-state index < -0.39 is 17.8 Å². The second-order valence-electron chi connectivity index (χ2n) is 10.2. The summed E-state index contributed by atoms with van der Waals surface area (Å²) in [6.45, 7) is 0. The number of imidazole rings is 1. The molecule has 3 aromatic heterocycles. The number of fused-ring (bicyclic) bond motifs is 1. The number of pyridine rings is 1. The van der Waals surface area contributed by atoms with Gasteiger partial charge in [-0.15, -0.1) is 5.10 Å². The second-order valence-corrected chi connectivity index (χ2v) is 10.2. The molecule has 0 unspecified atom stereocenters. The van der Waals surface area contributed by atoms with Gasteiger partial charge in [0.2, 0.25) is 0 Å². The fourth-order valence-electron chi connectivity index (χ4n) is 5.16. The van der Waals surface area contributed by atoms with Gasteiger partial charge in [0.15, 0.2) is 17.2 Å². The molecule has 206 valence electrons. The summed E-state index contributed by atoms with van der Waals surface area (Å²) in [5.41, 5.74) is 2.11. The molecule has 4 aromatic rings. The Bertz CT molecular complexity index is 1530. The number of nitrogens with one attached hydrogen (secondary N) is 3. The predicted molar refractivity (Wildman–Crippen MR) is 148 cm³/mol. The van der Waals surface area contributed by atoms with Crippen molar-refractivity contribution in [2.45, 2.75) is 56.7 Å². The standard InChI is InChI=1S/C28H29FN8O3/c29-21-15-30-13-12-22(21)34-27(38)24-16-31-26-23(32-17-6-7-17)14-25(35-37(24)26)33-18-8-10-20(11-9-18)36(28(39)40)19-4-2-1-3-5-19/h1-5,12-18,20,32H,6-11H2,(H,33,35)(H,39,40)(H,30,34,38)/t18-,20-. The molecule has 0 spiro atoms. The number of carbonyl (C=O) groups excluding carboxylic acids is 1. The number of benzene rings is 1. The number of carbonyl (C=O) groups is 2. The third-order valence-electron chi connectivity index (χ3n) is 7.31. The van der Waals surface area contributed by atoms with Gasteiger partial charge in [0.05, 0.1) is 23.8 Å². The molecule has 3 heterocycles. The summed E-state index contributed by atoms with van der Waals surface area (Å²) in [5, 5.41) is 24.1. The molecule has 2 aliphatic rings. The van der Waals surface area contributed by atoms with Gasteiger partial charge in [0.1, 0.15) is 5.82 Å². The van der Waals surface area contributed by atoms with Crippen molar-refractivity contribution < 1.29 is 19.1 Å². The third-order valence-corrected chi connectivity index (χ3v) is 7.31. The van der Waals surface area contributed by atoms with Crippen molar-refractivity contribution in [3.63, 3.8) is 0 Å². The monoisotopic (exact) mass is 544 g/mol. The predicted octanol–water partition coefficient (Wildman–Crippen LogP) is 5.00. The highest BCUT2D eigenvalue weighted by molar-refractivity contribution is 6.03. The van der Waals surface area contributed by atoms with E-state index in [1.807, 2.05) is 36.4 Å². The lowest BCUT2D eigenvalue weighted by Gasteiger charge is -2.35. The Morgan fingerprint density at radius 3 is 2.38 bits per heavy atom. The van der Waals surface area contributed by atoms with Crippen LogP contribution in [0, 0.1) is 5.82 Å². The quantitative estimate of drug-likeness (QED) is 0.243. The van der Waals surface area contributed by atoms with Crippen molar-refractivity contribution in [2.75, 3.05) is 20.9 Å². The Hall–Kier alpha value is -4.74. The van der Waals surface area contributed by atoms with Gasteiger partial charge in [-0.2, -0.15) is 0 Å². The maximum absolute atomic E-state index is 14.1. The molecule has 0 saturated heterocycles. The highest BCUT2D eigenvalue weighted by Gasteiger charge is 2.30. The van der Waals surface area contributed by atoms with Crippen LogP contribution in [0.25, 0.3) is 5.65 Å². The smallest absolute Gasteiger partial charge is 0.412 e. The fraction of sp³-hybridized carbons (Fsp3) is 0.321. The number of halogens is 1. The SMILES string of the molecule is O=C(Nc1ccncc1F)c1cnc2c(NC3CC3)cc(N[C@H]3CC[C@H](N(C(=O)O)c4ccccc4)CC3)nn12. The molecule has 2 fully saturated rings. The van der Waals surface area contributed by atoms with Gasteiger partial charge in [0, 0.05) is 36.1 Å². The minimum absolute atomic E-state index is 0.0169. The van der Waals surface area contributed by atoms with E-state index in [-0.39, 0.29) is 23.5 Å². The van der Waals surface area contributed by atoms with E-state index in [1.165, 1.54) is 27.9 Å². The molecule has 40 heavy (non-hydrogen) atoms. The van der Waals surface area contributed by atoms with E-state index in [0.29, 0.717) is 36.0 Å². The first-order valence-electron chi connectivity index (χ1n) is 13.4. The Morgan fingerprint density at radius 2 is 1.68 bits per heavy atom. The largest absolute Gasteiger partial charge is 0.465 e. The van der Waals surface area contributed by atoms with E-state index in [2.05, 4.69) is 31.0 Å². The van der Waals surface area contributed by atoms with Crippen LogP contribution in [0.3, 0.4) is 0 Å². The Labute approximate surface area is 229 Å². The number of anilines is 4. The van der Waals surface area contributed by atoms with Crippen LogP contribution < -0.4 is 20.9 Å². The number of amides is 2. The summed E-state index contributed by atoms with van der Waals surface area (Å²) >= 11 is 0.